The number of benzene rings is 1. The number of fused-ring (bicyclic) bond motifs is 1. The van der Waals surface area contributed by atoms with Gasteiger partial charge < -0.3 is 10.6 Å². The lowest BCUT2D eigenvalue weighted by atomic mass is 10.1. The standard InChI is InChI=1S/C13H20N2O2S/c1-10-5-3-7-12-13(10)15-11(6-4-8-14-2)9-18(12,16)17/h3,5,7,11,14-15H,4,6,8-9H2,1-2H3. The fourth-order valence-corrected chi connectivity index (χ4v) is 4.14. The molecule has 5 heteroatoms. The second-order valence-corrected chi connectivity index (χ2v) is 6.82. The van der Waals surface area contributed by atoms with Gasteiger partial charge in [0.15, 0.2) is 9.84 Å². The number of rotatable bonds is 4. The lowest BCUT2D eigenvalue weighted by Crippen LogP contribution is -2.35. The molecular weight excluding hydrogens is 248 g/mol. The zero-order valence-corrected chi connectivity index (χ0v) is 11.7. The summed E-state index contributed by atoms with van der Waals surface area (Å²) in [6, 6.07) is 5.46. The molecule has 18 heavy (non-hydrogen) atoms. The molecule has 0 saturated heterocycles. The van der Waals surface area contributed by atoms with Gasteiger partial charge in [0.2, 0.25) is 0 Å². The van der Waals surface area contributed by atoms with Crippen LogP contribution in [0.5, 0.6) is 0 Å². The van der Waals surface area contributed by atoms with Gasteiger partial charge in [-0.1, -0.05) is 12.1 Å². The van der Waals surface area contributed by atoms with Crippen molar-refractivity contribution in [2.45, 2.75) is 30.7 Å². The Morgan fingerprint density at radius 3 is 2.94 bits per heavy atom. The first-order chi connectivity index (χ1) is 8.54. The van der Waals surface area contributed by atoms with Crippen molar-refractivity contribution in [2.75, 3.05) is 24.7 Å². The SMILES string of the molecule is CNCCCC1CS(=O)(=O)c2cccc(C)c2N1. The molecule has 0 amide bonds. The lowest BCUT2D eigenvalue weighted by Gasteiger charge is -2.28. The minimum atomic E-state index is -3.13. The predicted molar refractivity (Wildman–Crippen MR) is 73.8 cm³/mol. The molecule has 1 aromatic carbocycles. The molecular formula is C13H20N2O2S. The summed E-state index contributed by atoms with van der Waals surface area (Å²) in [5.74, 6) is 0.202. The van der Waals surface area contributed by atoms with E-state index >= 15 is 0 Å². The first-order valence-corrected chi connectivity index (χ1v) is 7.93. The molecule has 1 aliphatic heterocycles. The number of aryl methyl sites for hydroxylation is 1. The van der Waals surface area contributed by atoms with Gasteiger partial charge in [0.1, 0.15) is 0 Å². The number of hydrogen-bond donors (Lipinski definition) is 2. The number of para-hydroxylation sites is 1. The summed E-state index contributed by atoms with van der Waals surface area (Å²) in [7, 11) is -1.23. The van der Waals surface area contributed by atoms with Crippen molar-refractivity contribution in [3.05, 3.63) is 23.8 Å². The summed E-state index contributed by atoms with van der Waals surface area (Å²) in [4.78, 5) is 0.451. The molecule has 0 radical (unpaired) electrons. The van der Waals surface area contributed by atoms with Gasteiger partial charge >= 0.3 is 0 Å². The van der Waals surface area contributed by atoms with E-state index < -0.39 is 9.84 Å². The second-order valence-electron chi connectivity index (χ2n) is 4.82. The predicted octanol–water partition coefficient (Wildman–Crippen LogP) is 1.56. The summed E-state index contributed by atoms with van der Waals surface area (Å²) in [5, 5.41) is 6.45. The van der Waals surface area contributed by atoms with E-state index in [2.05, 4.69) is 10.6 Å². The first kappa shape index (κ1) is 13.4. The Morgan fingerprint density at radius 1 is 1.44 bits per heavy atom. The van der Waals surface area contributed by atoms with Crippen molar-refractivity contribution in [1.29, 1.82) is 0 Å². The lowest BCUT2D eigenvalue weighted by molar-refractivity contribution is 0.569. The Hall–Kier alpha value is -1.07. The highest BCUT2D eigenvalue weighted by Gasteiger charge is 2.30. The maximum atomic E-state index is 12.2. The van der Waals surface area contributed by atoms with Crippen molar-refractivity contribution in [3.8, 4) is 0 Å². The summed E-state index contributed by atoms with van der Waals surface area (Å²) in [6.45, 7) is 2.86. The average molecular weight is 268 g/mol. The van der Waals surface area contributed by atoms with Crippen molar-refractivity contribution in [1.82, 2.24) is 5.32 Å². The van der Waals surface area contributed by atoms with Gasteiger partial charge in [0.25, 0.3) is 0 Å². The minimum Gasteiger partial charge on any atom is -0.380 e. The monoisotopic (exact) mass is 268 g/mol. The van der Waals surface area contributed by atoms with E-state index in [0.29, 0.717) is 4.90 Å². The van der Waals surface area contributed by atoms with E-state index in [4.69, 9.17) is 0 Å². The van der Waals surface area contributed by atoms with Gasteiger partial charge in [0.05, 0.1) is 16.3 Å². The van der Waals surface area contributed by atoms with Gasteiger partial charge in [-0.05, 0) is 45.0 Å². The topological polar surface area (TPSA) is 58.2 Å². The van der Waals surface area contributed by atoms with Crippen LogP contribution in [0.4, 0.5) is 5.69 Å². The van der Waals surface area contributed by atoms with Gasteiger partial charge in [-0.2, -0.15) is 0 Å². The molecule has 1 aliphatic rings. The summed E-state index contributed by atoms with van der Waals surface area (Å²) in [6.07, 6.45) is 1.85. The van der Waals surface area contributed by atoms with Crippen molar-refractivity contribution < 1.29 is 8.42 Å². The molecule has 1 atom stereocenters. The normalized spacial score (nSPS) is 21.1. The third kappa shape index (κ3) is 2.67. The van der Waals surface area contributed by atoms with Gasteiger partial charge in [-0.25, -0.2) is 8.42 Å². The molecule has 2 N–H and O–H groups in total. The average Bonchev–Trinajstić information content (AvgIpc) is 2.30. The fraction of sp³-hybridized carbons (Fsp3) is 0.538. The Morgan fingerprint density at radius 2 is 2.22 bits per heavy atom. The van der Waals surface area contributed by atoms with Gasteiger partial charge in [-0.3, -0.25) is 0 Å². The summed E-state index contributed by atoms with van der Waals surface area (Å²) < 4.78 is 24.4. The minimum absolute atomic E-state index is 0.0250. The van der Waals surface area contributed by atoms with Crippen molar-refractivity contribution in [3.63, 3.8) is 0 Å². The largest absolute Gasteiger partial charge is 0.380 e. The van der Waals surface area contributed by atoms with Gasteiger partial charge in [0, 0.05) is 6.04 Å². The number of sulfone groups is 1. The van der Waals surface area contributed by atoms with E-state index in [-0.39, 0.29) is 11.8 Å². The summed E-state index contributed by atoms with van der Waals surface area (Å²) >= 11 is 0. The maximum Gasteiger partial charge on any atom is 0.182 e. The number of nitrogens with one attached hydrogen (secondary N) is 2. The Balaban J connectivity index is 2.23. The van der Waals surface area contributed by atoms with E-state index in [9.17, 15) is 8.42 Å². The van der Waals surface area contributed by atoms with E-state index in [0.717, 1.165) is 30.6 Å². The van der Waals surface area contributed by atoms with E-state index in [1.165, 1.54) is 0 Å². The molecule has 100 valence electrons. The molecule has 0 aliphatic carbocycles. The molecule has 1 unspecified atom stereocenters. The molecule has 0 bridgehead atoms. The third-order valence-electron chi connectivity index (χ3n) is 3.32. The number of hydrogen-bond acceptors (Lipinski definition) is 4. The molecule has 0 spiro atoms. The van der Waals surface area contributed by atoms with Gasteiger partial charge in [-0.15, -0.1) is 0 Å². The quantitative estimate of drug-likeness (QED) is 0.814. The Bertz CT molecular complexity index is 526. The van der Waals surface area contributed by atoms with Crippen LogP contribution >= 0.6 is 0 Å². The highest BCUT2D eigenvalue weighted by molar-refractivity contribution is 7.91. The summed E-state index contributed by atoms with van der Waals surface area (Å²) in [5.41, 5.74) is 1.78. The van der Waals surface area contributed by atoms with Crippen LogP contribution in [0, 0.1) is 6.92 Å². The molecule has 1 aromatic rings. The smallest absolute Gasteiger partial charge is 0.182 e. The molecule has 0 saturated carbocycles. The highest BCUT2D eigenvalue weighted by atomic mass is 32.2. The number of anilines is 1. The maximum absolute atomic E-state index is 12.2. The molecule has 1 heterocycles. The van der Waals surface area contributed by atoms with Crippen LogP contribution in [-0.2, 0) is 9.84 Å². The van der Waals surface area contributed by atoms with E-state index in [1.807, 2.05) is 20.0 Å². The van der Waals surface area contributed by atoms with Crippen LogP contribution < -0.4 is 10.6 Å². The molecule has 4 nitrogen and oxygen atoms in total. The van der Waals surface area contributed by atoms with Crippen LogP contribution in [0.15, 0.2) is 23.1 Å². The molecule has 2 rings (SSSR count). The van der Waals surface area contributed by atoms with Crippen LogP contribution in [0.25, 0.3) is 0 Å². The third-order valence-corrected chi connectivity index (χ3v) is 5.17. The molecule has 0 aromatic heterocycles. The zero-order valence-electron chi connectivity index (χ0n) is 10.9. The fourth-order valence-electron chi connectivity index (χ4n) is 2.37. The second kappa shape index (κ2) is 5.28. The van der Waals surface area contributed by atoms with Crippen LogP contribution in [0.2, 0.25) is 0 Å². The van der Waals surface area contributed by atoms with Crippen molar-refractivity contribution >= 4 is 15.5 Å². The van der Waals surface area contributed by atoms with Crippen molar-refractivity contribution in [2.24, 2.45) is 0 Å². The highest BCUT2D eigenvalue weighted by Crippen LogP contribution is 2.32. The first-order valence-electron chi connectivity index (χ1n) is 6.28. The Labute approximate surface area is 109 Å². The van der Waals surface area contributed by atoms with Crippen LogP contribution in [-0.4, -0.2) is 33.8 Å². The van der Waals surface area contributed by atoms with Crippen LogP contribution in [0.3, 0.4) is 0 Å². The molecule has 0 fully saturated rings. The van der Waals surface area contributed by atoms with Crippen LogP contribution in [0.1, 0.15) is 18.4 Å². The Kier molecular flexibility index (Phi) is 3.92. The van der Waals surface area contributed by atoms with E-state index in [1.54, 1.807) is 12.1 Å². The zero-order chi connectivity index (χ0) is 13.2.